The molecule has 4 aromatic carbocycles. The summed E-state index contributed by atoms with van der Waals surface area (Å²) in [6.07, 6.45) is 2.11. The Morgan fingerprint density at radius 2 is 1.17 bits per heavy atom. The molecule has 0 aromatic heterocycles. The van der Waals surface area contributed by atoms with Gasteiger partial charge in [-0.2, -0.15) is 0 Å². The van der Waals surface area contributed by atoms with Crippen LogP contribution in [-0.4, -0.2) is 79.2 Å². The van der Waals surface area contributed by atoms with Crippen LogP contribution in [0.1, 0.15) is 12.0 Å². The first-order valence-electron chi connectivity index (χ1n) is 15.7. The quantitative estimate of drug-likeness (QED) is 0.0999. The van der Waals surface area contributed by atoms with Crippen molar-refractivity contribution in [1.29, 1.82) is 0 Å². The van der Waals surface area contributed by atoms with E-state index in [-0.39, 0.29) is 6.10 Å². The molecule has 1 unspecified atom stereocenters. The SMILES string of the molecule is CO[Si](O[Si](O[Si](O[Si](OC)c1ccccc1)c1ccccc1)c1ccccc1)O[Si](C)(C)CCCc1ccccc1OCC1CO1. The van der Waals surface area contributed by atoms with Gasteiger partial charge in [-0.3, -0.25) is 0 Å². The van der Waals surface area contributed by atoms with Crippen LogP contribution in [0, 0.1) is 0 Å². The number of ether oxygens (including phenoxy) is 2. The summed E-state index contributed by atoms with van der Waals surface area (Å²) in [4.78, 5) is 0. The molecule has 13 heteroatoms. The van der Waals surface area contributed by atoms with Gasteiger partial charge in [-0.15, -0.1) is 0 Å². The molecule has 246 valence electrons. The van der Waals surface area contributed by atoms with Gasteiger partial charge in [0.15, 0.2) is 8.32 Å². The van der Waals surface area contributed by atoms with E-state index < -0.39 is 45.7 Å². The summed E-state index contributed by atoms with van der Waals surface area (Å²) in [5.41, 5.74) is 1.21. The van der Waals surface area contributed by atoms with Crippen molar-refractivity contribution in [2.24, 2.45) is 0 Å². The molecular weight excluding hydrogens is 677 g/mol. The van der Waals surface area contributed by atoms with Gasteiger partial charge in [0.25, 0.3) is 0 Å². The van der Waals surface area contributed by atoms with Crippen molar-refractivity contribution in [2.75, 3.05) is 27.4 Å². The number of rotatable bonds is 20. The third kappa shape index (κ3) is 11.6. The van der Waals surface area contributed by atoms with Crippen LogP contribution in [0.15, 0.2) is 115 Å². The minimum Gasteiger partial charge on any atom is -0.491 e. The molecule has 0 saturated carbocycles. The van der Waals surface area contributed by atoms with E-state index in [2.05, 4.69) is 25.2 Å². The number of aryl methyl sites for hydroxylation is 1. The van der Waals surface area contributed by atoms with Crippen molar-refractivity contribution in [2.45, 2.75) is 38.1 Å². The highest BCUT2D eigenvalue weighted by Gasteiger charge is 2.39. The van der Waals surface area contributed by atoms with Gasteiger partial charge < -0.3 is 34.8 Å². The second-order valence-corrected chi connectivity index (χ2v) is 23.6. The molecule has 1 fully saturated rings. The predicted octanol–water partition coefficient (Wildman–Crippen LogP) is 4.13. The summed E-state index contributed by atoms with van der Waals surface area (Å²) >= 11 is 0. The summed E-state index contributed by atoms with van der Waals surface area (Å²) < 4.78 is 50.1. The Morgan fingerprint density at radius 1 is 0.660 bits per heavy atom. The van der Waals surface area contributed by atoms with Crippen LogP contribution in [0.3, 0.4) is 0 Å². The summed E-state index contributed by atoms with van der Waals surface area (Å²) in [5, 5.41) is 2.95. The molecule has 1 atom stereocenters. The maximum absolute atomic E-state index is 6.88. The van der Waals surface area contributed by atoms with Gasteiger partial charge >= 0.3 is 37.4 Å². The standard InChI is InChI=1S/C34H42O8Si5/c1-35-43(31-19-8-5-9-20-31)39-44(32-21-10-6-11-22-32)40-45(33-23-12-7-13-24-33)41-46(36-2)42-47(3,4)26-16-18-29-17-14-15-25-34(29)38-28-30-27-37-30/h5-15,17,19-25,30H,16,18,26-28H2,1-4H3. The lowest BCUT2D eigenvalue weighted by Gasteiger charge is -2.29. The summed E-state index contributed by atoms with van der Waals surface area (Å²) in [6.45, 7) is 5.83. The number of benzene rings is 4. The van der Waals surface area contributed by atoms with Crippen molar-refractivity contribution in [1.82, 2.24) is 0 Å². The van der Waals surface area contributed by atoms with E-state index in [1.165, 1.54) is 5.56 Å². The lowest BCUT2D eigenvalue weighted by Crippen LogP contribution is -2.55. The van der Waals surface area contributed by atoms with Gasteiger partial charge in [-0.05, 0) is 59.2 Å². The maximum atomic E-state index is 6.88. The van der Waals surface area contributed by atoms with Crippen LogP contribution in [0.5, 0.6) is 5.75 Å². The van der Waals surface area contributed by atoms with Crippen molar-refractivity contribution in [3.05, 3.63) is 121 Å². The number of epoxide rings is 1. The molecule has 1 aliphatic heterocycles. The molecule has 47 heavy (non-hydrogen) atoms. The van der Waals surface area contributed by atoms with E-state index in [4.69, 9.17) is 34.8 Å². The molecule has 1 aliphatic rings. The number of para-hydroxylation sites is 1. The molecule has 0 bridgehead atoms. The number of hydrogen-bond acceptors (Lipinski definition) is 8. The van der Waals surface area contributed by atoms with Crippen molar-refractivity contribution < 1.29 is 34.8 Å². The molecule has 0 spiro atoms. The molecule has 4 aromatic rings. The summed E-state index contributed by atoms with van der Waals surface area (Å²) in [7, 11) is -6.91. The van der Waals surface area contributed by atoms with Gasteiger partial charge in [0.05, 0.1) is 6.61 Å². The fourth-order valence-electron chi connectivity index (χ4n) is 4.75. The van der Waals surface area contributed by atoms with Gasteiger partial charge in [0.1, 0.15) is 18.5 Å². The third-order valence-electron chi connectivity index (χ3n) is 7.31. The largest absolute Gasteiger partial charge is 0.556 e. The fourth-order valence-corrected chi connectivity index (χ4v) is 16.6. The lowest BCUT2D eigenvalue weighted by atomic mass is 10.1. The Hall–Kier alpha value is -2.52. The minimum absolute atomic E-state index is 0.229. The first-order valence-corrected chi connectivity index (χ1v) is 24.0. The molecule has 1 heterocycles. The fraction of sp³-hybridized carbons (Fsp3) is 0.294. The second kappa shape index (κ2) is 18.3. The van der Waals surface area contributed by atoms with Crippen LogP contribution >= 0.6 is 0 Å². The Kier molecular flexibility index (Phi) is 13.9. The monoisotopic (exact) mass is 718 g/mol. The van der Waals surface area contributed by atoms with Gasteiger partial charge in [0.2, 0.25) is 0 Å². The highest BCUT2D eigenvalue weighted by molar-refractivity contribution is 6.82. The summed E-state index contributed by atoms with van der Waals surface area (Å²) in [6, 6.07) is 39.3. The molecule has 1 saturated heterocycles. The normalized spacial score (nSPS) is 14.8. The predicted molar refractivity (Wildman–Crippen MR) is 192 cm³/mol. The van der Waals surface area contributed by atoms with Crippen molar-refractivity contribution in [3.63, 3.8) is 0 Å². The van der Waals surface area contributed by atoms with Gasteiger partial charge in [-0.25, -0.2) is 0 Å². The number of hydrogen-bond donors (Lipinski definition) is 0. The average Bonchev–Trinajstić information content (AvgIpc) is 3.94. The van der Waals surface area contributed by atoms with Crippen LogP contribution in [0.4, 0.5) is 0 Å². The molecule has 0 amide bonds. The van der Waals surface area contributed by atoms with E-state index in [0.29, 0.717) is 6.61 Å². The van der Waals surface area contributed by atoms with Crippen LogP contribution in [0.2, 0.25) is 19.1 Å². The van der Waals surface area contributed by atoms with E-state index in [1.807, 2.05) is 103 Å². The molecule has 8 nitrogen and oxygen atoms in total. The Morgan fingerprint density at radius 3 is 1.72 bits per heavy atom. The Balaban J connectivity index is 1.26. The lowest BCUT2D eigenvalue weighted by molar-refractivity contribution is 0.228. The van der Waals surface area contributed by atoms with E-state index in [9.17, 15) is 0 Å². The molecule has 0 N–H and O–H groups in total. The first kappa shape index (κ1) is 35.8. The topological polar surface area (TPSA) is 77.1 Å². The first-order chi connectivity index (χ1) is 22.9. The highest BCUT2D eigenvalue weighted by Crippen LogP contribution is 2.24. The van der Waals surface area contributed by atoms with E-state index in [0.717, 1.165) is 46.8 Å². The van der Waals surface area contributed by atoms with E-state index in [1.54, 1.807) is 14.2 Å². The van der Waals surface area contributed by atoms with Crippen molar-refractivity contribution in [3.8, 4) is 5.75 Å². The Labute approximate surface area is 287 Å². The van der Waals surface area contributed by atoms with Crippen molar-refractivity contribution >= 4 is 61.3 Å². The second-order valence-electron chi connectivity index (χ2n) is 11.5. The third-order valence-corrected chi connectivity index (χ3v) is 19.2. The van der Waals surface area contributed by atoms with Crippen LogP contribution in [-0.2, 0) is 36.5 Å². The van der Waals surface area contributed by atoms with Gasteiger partial charge in [0, 0.05) is 14.2 Å². The Bertz CT molecular complexity index is 1470. The molecular formula is C34H42O8Si5. The molecule has 0 aliphatic carbocycles. The average molecular weight is 719 g/mol. The summed E-state index contributed by atoms with van der Waals surface area (Å²) in [5.74, 6) is 0.934. The molecule has 4 radical (unpaired) electrons. The zero-order chi connectivity index (χ0) is 32.9. The minimum atomic E-state index is -2.18. The van der Waals surface area contributed by atoms with E-state index >= 15 is 0 Å². The zero-order valence-corrected chi connectivity index (χ0v) is 32.3. The van der Waals surface area contributed by atoms with Crippen LogP contribution in [0.25, 0.3) is 0 Å². The maximum Gasteiger partial charge on any atom is 0.556 e. The van der Waals surface area contributed by atoms with Crippen LogP contribution < -0.4 is 20.3 Å². The highest BCUT2D eigenvalue weighted by atomic mass is 28.5. The smallest absolute Gasteiger partial charge is 0.491 e. The zero-order valence-electron chi connectivity index (χ0n) is 27.3. The molecule has 5 rings (SSSR count). The van der Waals surface area contributed by atoms with Gasteiger partial charge in [-0.1, -0.05) is 109 Å².